The topological polar surface area (TPSA) is 83.8 Å². The summed E-state index contributed by atoms with van der Waals surface area (Å²) in [7, 11) is 0. The molecule has 0 spiro atoms. The Morgan fingerprint density at radius 3 is 2.85 bits per heavy atom. The molecule has 1 aliphatic heterocycles. The van der Waals surface area contributed by atoms with Crippen LogP contribution < -0.4 is 10.9 Å². The molecular weight excluding hydrogens is 262 g/mol. The van der Waals surface area contributed by atoms with Gasteiger partial charge < -0.3 is 24.6 Å². The number of ether oxygens (including phenoxy) is 1. The van der Waals surface area contributed by atoms with Gasteiger partial charge in [0.2, 0.25) is 0 Å². The first-order valence-corrected chi connectivity index (χ1v) is 6.61. The van der Waals surface area contributed by atoms with Gasteiger partial charge >= 0.3 is 6.03 Å². The van der Waals surface area contributed by atoms with Crippen LogP contribution in [0.15, 0.2) is 29.2 Å². The van der Waals surface area contributed by atoms with Crippen LogP contribution in [0.3, 0.4) is 0 Å². The van der Waals surface area contributed by atoms with Gasteiger partial charge in [-0.1, -0.05) is 6.07 Å². The van der Waals surface area contributed by atoms with Gasteiger partial charge in [0.05, 0.1) is 25.9 Å². The van der Waals surface area contributed by atoms with Crippen molar-refractivity contribution in [3.05, 3.63) is 34.7 Å². The van der Waals surface area contributed by atoms with Crippen LogP contribution in [0.1, 0.15) is 0 Å². The first kappa shape index (κ1) is 14.5. The highest BCUT2D eigenvalue weighted by Crippen LogP contribution is 1.97. The molecule has 1 unspecified atom stereocenters. The van der Waals surface area contributed by atoms with Crippen LogP contribution in [0.25, 0.3) is 0 Å². The molecular formula is C13H19N3O4. The van der Waals surface area contributed by atoms with Gasteiger partial charge in [0.15, 0.2) is 0 Å². The number of nitrogens with one attached hydrogen (secondary N) is 1. The summed E-state index contributed by atoms with van der Waals surface area (Å²) in [4.78, 5) is 24.9. The van der Waals surface area contributed by atoms with Crippen molar-refractivity contribution in [1.82, 2.24) is 14.8 Å². The maximum atomic E-state index is 11.8. The summed E-state index contributed by atoms with van der Waals surface area (Å²) in [5.74, 6) is 0. The molecule has 0 saturated carbocycles. The van der Waals surface area contributed by atoms with E-state index in [0.29, 0.717) is 26.3 Å². The number of carbonyl (C=O) groups is 1. The number of amides is 2. The Labute approximate surface area is 116 Å². The van der Waals surface area contributed by atoms with Gasteiger partial charge in [-0.15, -0.1) is 0 Å². The van der Waals surface area contributed by atoms with E-state index in [4.69, 9.17) is 4.74 Å². The maximum Gasteiger partial charge on any atom is 0.317 e. The minimum atomic E-state index is -0.805. The third-order valence-electron chi connectivity index (χ3n) is 3.09. The molecule has 2 rings (SSSR count). The quantitative estimate of drug-likeness (QED) is 0.761. The summed E-state index contributed by atoms with van der Waals surface area (Å²) in [5, 5.41) is 12.5. The highest BCUT2D eigenvalue weighted by molar-refractivity contribution is 5.74. The number of aromatic nitrogens is 1. The predicted octanol–water partition coefficient (Wildman–Crippen LogP) is -0.749. The fourth-order valence-electron chi connectivity index (χ4n) is 1.99. The molecule has 1 saturated heterocycles. The highest BCUT2D eigenvalue weighted by Gasteiger charge is 2.17. The van der Waals surface area contributed by atoms with Crippen LogP contribution in [0, 0.1) is 0 Å². The first-order valence-electron chi connectivity index (χ1n) is 6.61. The summed E-state index contributed by atoms with van der Waals surface area (Å²) in [6.07, 6.45) is 0.801. The Hall–Kier alpha value is -1.86. The summed E-state index contributed by atoms with van der Waals surface area (Å²) < 4.78 is 6.57. The third-order valence-corrected chi connectivity index (χ3v) is 3.09. The van der Waals surface area contributed by atoms with Crippen molar-refractivity contribution < 1.29 is 14.6 Å². The maximum absolute atomic E-state index is 11.8. The van der Waals surface area contributed by atoms with E-state index in [9.17, 15) is 14.7 Å². The van der Waals surface area contributed by atoms with Crippen molar-refractivity contribution >= 4 is 6.03 Å². The van der Waals surface area contributed by atoms with Crippen molar-refractivity contribution in [1.29, 1.82) is 0 Å². The van der Waals surface area contributed by atoms with Gasteiger partial charge in [0, 0.05) is 31.9 Å². The number of carbonyl (C=O) groups excluding carboxylic acids is 1. The number of rotatable bonds is 4. The Morgan fingerprint density at radius 2 is 2.15 bits per heavy atom. The molecule has 20 heavy (non-hydrogen) atoms. The van der Waals surface area contributed by atoms with Gasteiger partial charge in [-0.25, -0.2) is 4.79 Å². The Morgan fingerprint density at radius 1 is 1.40 bits per heavy atom. The van der Waals surface area contributed by atoms with Gasteiger partial charge in [-0.05, 0) is 6.07 Å². The number of aliphatic hydroxyl groups excluding tert-OH is 1. The molecule has 7 nitrogen and oxygen atoms in total. The second kappa shape index (κ2) is 7.06. The molecule has 1 aromatic heterocycles. The zero-order valence-corrected chi connectivity index (χ0v) is 11.2. The van der Waals surface area contributed by atoms with Crippen molar-refractivity contribution in [2.45, 2.75) is 12.6 Å². The van der Waals surface area contributed by atoms with Crippen molar-refractivity contribution in [2.75, 3.05) is 32.8 Å². The number of pyridine rings is 1. The molecule has 2 N–H and O–H groups in total. The molecule has 1 aliphatic rings. The van der Waals surface area contributed by atoms with Crippen LogP contribution in [-0.2, 0) is 11.3 Å². The van der Waals surface area contributed by atoms with Crippen LogP contribution in [-0.4, -0.2) is 59.6 Å². The fourth-order valence-corrected chi connectivity index (χ4v) is 1.99. The highest BCUT2D eigenvalue weighted by atomic mass is 16.5. The third kappa shape index (κ3) is 4.07. The predicted molar refractivity (Wildman–Crippen MR) is 72.5 cm³/mol. The molecule has 1 atom stereocenters. The molecule has 7 heteroatoms. The normalized spacial score (nSPS) is 16.8. The lowest BCUT2D eigenvalue weighted by atomic mass is 10.3. The lowest BCUT2D eigenvalue weighted by Crippen LogP contribution is -2.48. The smallest absolute Gasteiger partial charge is 0.317 e. The Kier molecular flexibility index (Phi) is 5.14. The zero-order chi connectivity index (χ0) is 14.4. The van der Waals surface area contributed by atoms with Crippen LogP contribution in [0.2, 0.25) is 0 Å². The fraction of sp³-hybridized carbons (Fsp3) is 0.538. The number of morpholine rings is 1. The molecule has 0 radical (unpaired) electrons. The van der Waals surface area contributed by atoms with E-state index in [-0.39, 0.29) is 24.7 Å². The number of nitrogens with zero attached hydrogens (tertiary/aromatic N) is 2. The lowest BCUT2D eigenvalue weighted by molar-refractivity contribution is 0.0519. The van der Waals surface area contributed by atoms with Gasteiger partial charge in [0.1, 0.15) is 0 Å². The van der Waals surface area contributed by atoms with E-state index < -0.39 is 6.10 Å². The Balaban J connectivity index is 1.77. The molecule has 0 aromatic carbocycles. The summed E-state index contributed by atoms with van der Waals surface area (Å²) in [6.45, 7) is 2.45. The zero-order valence-electron chi connectivity index (χ0n) is 11.2. The van der Waals surface area contributed by atoms with Crippen molar-refractivity contribution in [3.63, 3.8) is 0 Å². The minimum Gasteiger partial charge on any atom is -0.389 e. The van der Waals surface area contributed by atoms with Crippen molar-refractivity contribution in [3.8, 4) is 0 Å². The van der Waals surface area contributed by atoms with Gasteiger partial charge in [-0.3, -0.25) is 4.79 Å². The minimum absolute atomic E-state index is 0.109. The van der Waals surface area contributed by atoms with Crippen LogP contribution in [0.4, 0.5) is 4.79 Å². The lowest BCUT2D eigenvalue weighted by Gasteiger charge is -2.27. The summed E-state index contributed by atoms with van der Waals surface area (Å²) in [6, 6.07) is 4.58. The first-order chi connectivity index (χ1) is 9.66. The summed E-state index contributed by atoms with van der Waals surface area (Å²) >= 11 is 0. The Bertz CT molecular complexity index is 496. The average Bonchev–Trinajstić information content (AvgIpc) is 2.48. The van der Waals surface area contributed by atoms with Crippen molar-refractivity contribution in [2.24, 2.45) is 0 Å². The van der Waals surface area contributed by atoms with E-state index in [1.165, 1.54) is 10.6 Å². The van der Waals surface area contributed by atoms with Crippen LogP contribution >= 0.6 is 0 Å². The van der Waals surface area contributed by atoms with E-state index in [1.807, 2.05) is 0 Å². The van der Waals surface area contributed by atoms with E-state index in [1.54, 1.807) is 23.2 Å². The molecule has 110 valence electrons. The SMILES string of the molecule is O=C(NCC(O)Cn1ccccc1=O)N1CCOCC1. The number of urea groups is 1. The number of hydrogen-bond donors (Lipinski definition) is 2. The second-order valence-corrected chi connectivity index (χ2v) is 4.63. The monoisotopic (exact) mass is 281 g/mol. The van der Waals surface area contributed by atoms with E-state index >= 15 is 0 Å². The number of hydrogen-bond acceptors (Lipinski definition) is 4. The largest absolute Gasteiger partial charge is 0.389 e. The molecule has 1 aromatic rings. The standard InChI is InChI=1S/C13H19N3O4/c17-11(10-16-4-2-1-3-12(16)18)9-14-13(19)15-5-7-20-8-6-15/h1-4,11,17H,5-10H2,(H,14,19). The van der Waals surface area contributed by atoms with E-state index in [2.05, 4.69) is 5.32 Å². The second-order valence-electron chi connectivity index (χ2n) is 4.63. The molecule has 0 bridgehead atoms. The molecule has 0 aliphatic carbocycles. The summed E-state index contributed by atoms with van der Waals surface area (Å²) in [5.41, 5.74) is -0.175. The van der Waals surface area contributed by atoms with Gasteiger partial charge in [-0.2, -0.15) is 0 Å². The number of aliphatic hydroxyl groups is 1. The van der Waals surface area contributed by atoms with Gasteiger partial charge in [0.25, 0.3) is 5.56 Å². The van der Waals surface area contributed by atoms with Crippen LogP contribution in [0.5, 0.6) is 0 Å². The van der Waals surface area contributed by atoms with E-state index in [0.717, 1.165) is 0 Å². The molecule has 2 amide bonds. The molecule has 2 heterocycles. The molecule has 1 fully saturated rings. The average molecular weight is 281 g/mol.